The lowest BCUT2D eigenvalue weighted by Crippen LogP contribution is -2.36. The summed E-state index contributed by atoms with van der Waals surface area (Å²) in [5.74, 6) is 0.720. The molecule has 5 rings (SSSR count). The second-order valence-electron chi connectivity index (χ2n) is 8.23. The maximum absolute atomic E-state index is 13.3. The maximum atomic E-state index is 13.3. The number of nitrogens with one attached hydrogen (secondary N) is 1. The lowest BCUT2D eigenvalue weighted by Gasteiger charge is -2.29. The van der Waals surface area contributed by atoms with E-state index >= 15 is 0 Å². The predicted octanol–water partition coefficient (Wildman–Crippen LogP) is 3.37. The topological polar surface area (TPSA) is 69.3 Å². The van der Waals surface area contributed by atoms with Crippen LogP contribution in [0, 0.1) is 11.8 Å². The van der Waals surface area contributed by atoms with E-state index in [0.717, 1.165) is 16.7 Å². The van der Waals surface area contributed by atoms with Crippen LogP contribution >= 0.6 is 0 Å². The molecule has 0 radical (unpaired) electrons. The Bertz CT molecular complexity index is 1060. The third-order valence-corrected chi connectivity index (χ3v) is 6.44. The first-order valence-electron chi connectivity index (χ1n) is 10.3. The fourth-order valence-corrected chi connectivity index (χ4v) is 5.04. The molecule has 0 unspecified atom stereocenters. The number of rotatable bonds is 3. The van der Waals surface area contributed by atoms with Crippen LogP contribution in [-0.2, 0) is 4.79 Å². The highest BCUT2D eigenvalue weighted by Crippen LogP contribution is 2.45. The Morgan fingerprint density at radius 3 is 2.57 bits per heavy atom. The van der Waals surface area contributed by atoms with E-state index < -0.39 is 0 Å². The van der Waals surface area contributed by atoms with E-state index in [1.165, 1.54) is 0 Å². The Hall–Kier alpha value is -3.41. The summed E-state index contributed by atoms with van der Waals surface area (Å²) >= 11 is 0. The van der Waals surface area contributed by atoms with Crippen LogP contribution in [0.15, 0.2) is 67.0 Å². The highest BCUT2D eigenvalue weighted by atomic mass is 16.2. The van der Waals surface area contributed by atoms with Gasteiger partial charge < -0.3 is 9.80 Å². The van der Waals surface area contributed by atoms with E-state index in [1.54, 1.807) is 13.1 Å². The summed E-state index contributed by atoms with van der Waals surface area (Å²) in [5, 5.41) is 6.81. The first-order valence-corrected chi connectivity index (χ1v) is 10.3. The Kier molecular flexibility index (Phi) is 4.62. The summed E-state index contributed by atoms with van der Waals surface area (Å²) in [4.78, 5) is 29.5. The van der Waals surface area contributed by atoms with Crippen molar-refractivity contribution in [1.29, 1.82) is 0 Å². The zero-order valence-corrected chi connectivity index (χ0v) is 16.9. The van der Waals surface area contributed by atoms with Gasteiger partial charge in [0.15, 0.2) is 0 Å². The molecule has 2 aromatic carbocycles. The number of benzene rings is 2. The smallest absolute Gasteiger partial charge is 0.253 e. The van der Waals surface area contributed by atoms with Crippen LogP contribution < -0.4 is 0 Å². The first kappa shape index (κ1) is 18.6. The molecular formula is C24H24N4O2. The second-order valence-corrected chi connectivity index (χ2v) is 8.23. The average molecular weight is 400 g/mol. The van der Waals surface area contributed by atoms with Gasteiger partial charge in [0.25, 0.3) is 5.91 Å². The number of likely N-dealkylation sites (tertiary alicyclic amines) is 2. The minimum atomic E-state index is 0.0313. The van der Waals surface area contributed by atoms with Crippen molar-refractivity contribution in [3.63, 3.8) is 0 Å². The van der Waals surface area contributed by atoms with Gasteiger partial charge in [-0.2, -0.15) is 5.10 Å². The van der Waals surface area contributed by atoms with Gasteiger partial charge in [-0.25, -0.2) is 0 Å². The van der Waals surface area contributed by atoms with Crippen molar-refractivity contribution in [1.82, 2.24) is 20.0 Å². The molecular weight excluding hydrogens is 376 g/mol. The quantitative estimate of drug-likeness (QED) is 0.733. The SMILES string of the molecule is CC(=O)N1C[C@H]2CN(C(=O)c3cccc(-c4cn[nH]c4)c3)C[C@H]2[C@H]1c1ccccc1. The predicted molar refractivity (Wildman–Crippen MR) is 113 cm³/mol. The lowest BCUT2D eigenvalue weighted by atomic mass is 9.89. The van der Waals surface area contributed by atoms with E-state index in [0.29, 0.717) is 31.1 Å². The molecule has 1 aromatic heterocycles. The summed E-state index contributed by atoms with van der Waals surface area (Å²) in [6.07, 6.45) is 3.58. The molecule has 2 aliphatic rings. The number of aromatic nitrogens is 2. The molecule has 1 N–H and O–H groups in total. The molecule has 3 heterocycles. The highest BCUT2D eigenvalue weighted by Gasteiger charge is 2.49. The summed E-state index contributed by atoms with van der Waals surface area (Å²) in [6, 6.07) is 17.9. The van der Waals surface area contributed by atoms with Gasteiger partial charge in [-0.1, -0.05) is 42.5 Å². The number of carbonyl (C=O) groups is 2. The number of fused-ring (bicyclic) bond motifs is 1. The number of carbonyl (C=O) groups excluding carboxylic acids is 2. The largest absolute Gasteiger partial charge is 0.338 e. The van der Waals surface area contributed by atoms with Crippen molar-refractivity contribution in [2.24, 2.45) is 11.8 Å². The molecule has 0 spiro atoms. The van der Waals surface area contributed by atoms with Crippen LogP contribution in [0.2, 0.25) is 0 Å². The summed E-state index contributed by atoms with van der Waals surface area (Å²) in [5.41, 5.74) is 3.77. The molecule has 152 valence electrons. The van der Waals surface area contributed by atoms with Gasteiger partial charge in [0, 0.05) is 55.7 Å². The first-order chi connectivity index (χ1) is 14.6. The number of amides is 2. The molecule has 6 heteroatoms. The Morgan fingerprint density at radius 2 is 1.83 bits per heavy atom. The zero-order valence-electron chi connectivity index (χ0n) is 16.9. The number of nitrogens with zero attached hydrogens (tertiary/aromatic N) is 3. The maximum Gasteiger partial charge on any atom is 0.253 e. The third kappa shape index (κ3) is 3.18. The van der Waals surface area contributed by atoms with Crippen LogP contribution in [0.1, 0.15) is 28.9 Å². The average Bonchev–Trinajstić information content (AvgIpc) is 3.50. The molecule has 2 aliphatic heterocycles. The Labute approximate surface area is 175 Å². The van der Waals surface area contributed by atoms with Gasteiger partial charge in [0.2, 0.25) is 5.91 Å². The fraction of sp³-hybridized carbons (Fsp3) is 0.292. The monoisotopic (exact) mass is 400 g/mol. The highest BCUT2D eigenvalue weighted by molar-refractivity contribution is 5.95. The van der Waals surface area contributed by atoms with E-state index in [1.807, 2.05) is 58.5 Å². The molecule has 6 nitrogen and oxygen atoms in total. The summed E-state index contributed by atoms with van der Waals surface area (Å²) in [6.45, 7) is 3.70. The van der Waals surface area contributed by atoms with Gasteiger partial charge in [-0.3, -0.25) is 14.7 Å². The van der Waals surface area contributed by atoms with Crippen LogP contribution in [0.25, 0.3) is 11.1 Å². The van der Waals surface area contributed by atoms with E-state index in [-0.39, 0.29) is 23.8 Å². The summed E-state index contributed by atoms with van der Waals surface area (Å²) in [7, 11) is 0. The molecule has 30 heavy (non-hydrogen) atoms. The molecule has 3 atom stereocenters. The van der Waals surface area contributed by atoms with E-state index in [4.69, 9.17) is 0 Å². The normalized spacial score (nSPS) is 22.9. The van der Waals surface area contributed by atoms with Crippen molar-refractivity contribution in [2.75, 3.05) is 19.6 Å². The Balaban J connectivity index is 1.39. The Morgan fingerprint density at radius 1 is 1.00 bits per heavy atom. The number of hydrogen-bond donors (Lipinski definition) is 1. The minimum Gasteiger partial charge on any atom is -0.338 e. The van der Waals surface area contributed by atoms with Gasteiger partial charge in [-0.15, -0.1) is 0 Å². The lowest BCUT2D eigenvalue weighted by molar-refractivity contribution is -0.130. The van der Waals surface area contributed by atoms with Crippen molar-refractivity contribution in [2.45, 2.75) is 13.0 Å². The second kappa shape index (κ2) is 7.44. The van der Waals surface area contributed by atoms with E-state index in [2.05, 4.69) is 22.3 Å². The number of hydrogen-bond acceptors (Lipinski definition) is 3. The standard InChI is InChI=1S/C24H24N4O2/c1-16(29)28-14-21-13-27(15-22(21)23(28)17-6-3-2-4-7-17)24(30)19-9-5-8-18(10-19)20-11-25-26-12-20/h2-12,21-23H,13-15H2,1H3,(H,25,26)/t21-,22-,23-/m1/s1. The van der Waals surface area contributed by atoms with Crippen LogP contribution in [0.4, 0.5) is 0 Å². The van der Waals surface area contributed by atoms with Crippen LogP contribution in [-0.4, -0.2) is 51.4 Å². The summed E-state index contributed by atoms with van der Waals surface area (Å²) < 4.78 is 0. The van der Waals surface area contributed by atoms with E-state index in [9.17, 15) is 9.59 Å². The molecule has 2 saturated heterocycles. The molecule has 0 aliphatic carbocycles. The van der Waals surface area contributed by atoms with Gasteiger partial charge >= 0.3 is 0 Å². The van der Waals surface area contributed by atoms with Crippen molar-refractivity contribution in [3.8, 4) is 11.1 Å². The van der Waals surface area contributed by atoms with Crippen molar-refractivity contribution < 1.29 is 9.59 Å². The minimum absolute atomic E-state index is 0.0313. The third-order valence-electron chi connectivity index (χ3n) is 6.44. The molecule has 0 bridgehead atoms. The number of H-pyrrole nitrogens is 1. The zero-order chi connectivity index (χ0) is 20.7. The van der Waals surface area contributed by atoms with Crippen molar-refractivity contribution >= 4 is 11.8 Å². The molecule has 2 fully saturated rings. The fourth-order valence-electron chi connectivity index (χ4n) is 5.04. The van der Waals surface area contributed by atoms with Gasteiger partial charge in [0.05, 0.1) is 12.2 Å². The molecule has 2 amide bonds. The van der Waals surface area contributed by atoms with Crippen LogP contribution in [0.5, 0.6) is 0 Å². The van der Waals surface area contributed by atoms with Crippen molar-refractivity contribution in [3.05, 3.63) is 78.1 Å². The van der Waals surface area contributed by atoms with Gasteiger partial charge in [-0.05, 0) is 23.3 Å². The number of aromatic amines is 1. The van der Waals surface area contributed by atoms with Gasteiger partial charge in [0.1, 0.15) is 0 Å². The van der Waals surface area contributed by atoms with Crippen LogP contribution in [0.3, 0.4) is 0 Å². The molecule has 0 saturated carbocycles. The molecule has 3 aromatic rings.